The van der Waals surface area contributed by atoms with Crippen molar-refractivity contribution in [1.29, 1.82) is 0 Å². The maximum atomic E-state index is 4.54. The Hall–Kier alpha value is -0.470. The Morgan fingerprint density at radius 2 is 1.94 bits per heavy atom. The second kappa shape index (κ2) is 6.63. The van der Waals surface area contributed by atoms with Crippen LogP contribution in [0.25, 0.3) is 0 Å². The molecule has 2 rings (SSSR count). The molecule has 100 valence electrons. The summed E-state index contributed by atoms with van der Waals surface area (Å²) in [5.74, 6) is 3.21. The Morgan fingerprint density at radius 1 is 1.22 bits per heavy atom. The number of piperidine rings is 1. The monoisotopic (exact) mass is 263 g/mol. The number of rotatable bonds is 4. The highest BCUT2D eigenvalue weighted by Gasteiger charge is 2.24. The van der Waals surface area contributed by atoms with Crippen LogP contribution in [0.3, 0.4) is 0 Å². The zero-order valence-corrected chi connectivity index (χ0v) is 12.4. The smallest absolute Gasteiger partial charge is 0.00582 e. The van der Waals surface area contributed by atoms with E-state index >= 15 is 0 Å². The van der Waals surface area contributed by atoms with E-state index in [0.29, 0.717) is 5.92 Å². The highest BCUT2D eigenvalue weighted by Crippen LogP contribution is 2.25. The molecule has 1 aromatic rings. The molecule has 1 heterocycles. The Balaban J connectivity index is 1.95. The van der Waals surface area contributed by atoms with Crippen LogP contribution in [0, 0.1) is 11.8 Å². The number of benzene rings is 1. The van der Waals surface area contributed by atoms with Gasteiger partial charge >= 0.3 is 0 Å². The summed E-state index contributed by atoms with van der Waals surface area (Å²) >= 11 is 4.54. The van der Waals surface area contributed by atoms with Crippen molar-refractivity contribution < 1.29 is 0 Å². The fourth-order valence-electron chi connectivity index (χ4n) is 2.82. The highest BCUT2D eigenvalue weighted by atomic mass is 32.1. The van der Waals surface area contributed by atoms with Gasteiger partial charge in [-0.15, -0.1) is 0 Å². The lowest BCUT2D eigenvalue weighted by molar-refractivity contribution is 0.134. The predicted molar refractivity (Wildman–Crippen MR) is 82.4 cm³/mol. The molecule has 0 aromatic heterocycles. The summed E-state index contributed by atoms with van der Waals surface area (Å²) in [6, 6.07) is 10.8. The molecule has 0 spiro atoms. The first-order valence-corrected chi connectivity index (χ1v) is 7.72. The van der Waals surface area contributed by atoms with Gasteiger partial charge in [-0.1, -0.05) is 44.2 Å². The summed E-state index contributed by atoms with van der Waals surface area (Å²) in [7, 11) is 0. The quantitative estimate of drug-likeness (QED) is 0.811. The van der Waals surface area contributed by atoms with Crippen LogP contribution in [0.5, 0.6) is 0 Å². The van der Waals surface area contributed by atoms with E-state index in [1.54, 1.807) is 0 Å². The van der Waals surface area contributed by atoms with Crippen LogP contribution in [-0.2, 0) is 0 Å². The van der Waals surface area contributed by atoms with Crippen LogP contribution < -0.4 is 0 Å². The SMILES string of the molecule is CC1CCN(CC(CS)c2ccccc2)CC1C. The first-order valence-electron chi connectivity index (χ1n) is 7.09. The van der Waals surface area contributed by atoms with Gasteiger partial charge in [-0.25, -0.2) is 0 Å². The highest BCUT2D eigenvalue weighted by molar-refractivity contribution is 7.80. The minimum atomic E-state index is 0.565. The van der Waals surface area contributed by atoms with Gasteiger partial charge in [-0.3, -0.25) is 0 Å². The molecule has 0 amide bonds. The lowest BCUT2D eigenvalue weighted by Crippen LogP contribution is -2.40. The molecular formula is C16H25NS. The molecule has 0 aliphatic carbocycles. The first-order chi connectivity index (χ1) is 8.70. The minimum absolute atomic E-state index is 0.565. The van der Waals surface area contributed by atoms with E-state index in [9.17, 15) is 0 Å². The van der Waals surface area contributed by atoms with Crippen molar-refractivity contribution in [1.82, 2.24) is 4.90 Å². The van der Waals surface area contributed by atoms with E-state index in [-0.39, 0.29) is 0 Å². The summed E-state index contributed by atoms with van der Waals surface area (Å²) in [6.07, 6.45) is 1.34. The maximum absolute atomic E-state index is 4.54. The van der Waals surface area contributed by atoms with Crippen LogP contribution in [-0.4, -0.2) is 30.3 Å². The van der Waals surface area contributed by atoms with Crippen molar-refractivity contribution >= 4 is 12.6 Å². The van der Waals surface area contributed by atoms with Crippen molar-refractivity contribution in [3.8, 4) is 0 Å². The lowest BCUT2D eigenvalue weighted by Gasteiger charge is -2.37. The van der Waals surface area contributed by atoms with Gasteiger partial charge in [0.15, 0.2) is 0 Å². The molecule has 0 radical (unpaired) electrons. The van der Waals surface area contributed by atoms with Gasteiger partial charge in [0, 0.05) is 19.0 Å². The summed E-state index contributed by atoms with van der Waals surface area (Å²) in [5.41, 5.74) is 1.43. The molecule has 1 saturated heterocycles. The normalized spacial score (nSPS) is 27.1. The molecule has 1 nitrogen and oxygen atoms in total. The molecular weight excluding hydrogens is 238 g/mol. The number of nitrogens with zero attached hydrogens (tertiary/aromatic N) is 1. The Kier molecular flexibility index (Phi) is 5.13. The standard InChI is InChI=1S/C16H25NS/c1-13-8-9-17(10-14(13)2)11-16(12-18)15-6-4-3-5-7-15/h3-7,13-14,16,18H,8-12H2,1-2H3. The summed E-state index contributed by atoms with van der Waals surface area (Å²) < 4.78 is 0. The van der Waals surface area contributed by atoms with Crippen molar-refractivity contribution in [3.05, 3.63) is 35.9 Å². The summed E-state index contributed by atoms with van der Waals surface area (Å²) in [5, 5.41) is 0. The Labute approximate surface area is 117 Å². The Morgan fingerprint density at radius 3 is 2.56 bits per heavy atom. The van der Waals surface area contributed by atoms with E-state index in [0.717, 1.165) is 24.1 Å². The van der Waals surface area contributed by atoms with Gasteiger partial charge in [-0.2, -0.15) is 12.6 Å². The van der Waals surface area contributed by atoms with E-state index in [1.165, 1.54) is 25.1 Å². The van der Waals surface area contributed by atoms with Crippen molar-refractivity contribution in [2.75, 3.05) is 25.4 Å². The third-order valence-electron chi connectivity index (χ3n) is 4.39. The molecule has 1 aliphatic rings. The fourth-order valence-corrected chi connectivity index (χ4v) is 3.15. The molecule has 18 heavy (non-hydrogen) atoms. The lowest BCUT2D eigenvalue weighted by atomic mass is 9.88. The average Bonchev–Trinajstić information content (AvgIpc) is 2.41. The van der Waals surface area contributed by atoms with Crippen LogP contribution in [0.1, 0.15) is 31.7 Å². The third kappa shape index (κ3) is 3.52. The topological polar surface area (TPSA) is 3.24 Å². The molecule has 1 fully saturated rings. The molecule has 2 heteroatoms. The van der Waals surface area contributed by atoms with E-state index < -0.39 is 0 Å². The number of hydrogen-bond donors (Lipinski definition) is 1. The van der Waals surface area contributed by atoms with Gasteiger partial charge in [0.1, 0.15) is 0 Å². The van der Waals surface area contributed by atoms with Gasteiger partial charge < -0.3 is 4.90 Å². The van der Waals surface area contributed by atoms with Crippen LogP contribution in [0.2, 0.25) is 0 Å². The van der Waals surface area contributed by atoms with Gasteiger partial charge in [0.2, 0.25) is 0 Å². The van der Waals surface area contributed by atoms with Gasteiger partial charge in [0.25, 0.3) is 0 Å². The number of likely N-dealkylation sites (tertiary alicyclic amines) is 1. The predicted octanol–water partition coefficient (Wildman–Crippen LogP) is 3.68. The Bertz CT molecular complexity index is 351. The largest absolute Gasteiger partial charge is 0.302 e. The van der Waals surface area contributed by atoms with Crippen LogP contribution in [0.4, 0.5) is 0 Å². The minimum Gasteiger partial charge on any atom is -0.302 e. The van der Waals surface area contributed by atoms with Crippen LogP contribution >= 0.6 is 12.6 Å². The zero-order valence-electron chi connectivity index (χ0n) is 11.5. The van der Waals surface area contributed by atoms with Crippen molar-refractivity contribution in [2.24, 2.45) is 11.8 Å². The average molecular weight is 263 g/mol. The summed E-state index contributed by atoms with van der Waals surface area (Å²) in [4.78, 5) is 2.62. The van der Waals surface area contributed by atoms with Gasteiger partial charge in [-0.05, 0) is 36.1 Å². The van der Waals surface area contributed by atoms with E-state index in [2.05, 4.69) is 61.7 Å². The molecule has 3 atom stereocenters. The van der Waals surface area contributed by atoms with Crippen molar-refractivity contribution in [2.45, 2.75) is 26.2 Å². The zero-order chi connectivity index (χ0) is 13.0. The number of thiol groups is 1. The number of hydrogen-bond acceptors (Lipinski definition) is 2. The van der Waals surface area contributed by atoms with E-state index in [4.69, 9.17) is 0 Å². The molecule has 3 unspecified atom stereocenters. The fraction of sp³-hybridized carbons (Fsp3) is 0.625. The van der Waals surface area contributed by atoms with Crippen molar-refractivity contribution in [3.63, 3.8) is 0 Å². The summed E-state index contributed by atoms with van der Waals surface area (Å²) in [6.45, 7) is 8.43. The molecule has 0 bridgehead atoms. The molecule has 1 aliphatic heterocycles. The third-order valence-corrected chi connectivity index (χ3v) is 4.83. The second-order valence-electron chi connectivity index (χ2n) is 5.79. The molecule has 0 saturated carbocycles. The van der Waals surface area contributed by atoms with E-state index in [1.807, 2.05) is 0 Å². The second-order valence-corrected chi connectivity index (χ2v) is 6.16. The van der Waals surface area contributed by atoms with Crippen LogP contribution in [0.15, 0.2) is 30.3 Å². The maximum Gasteiger partial charge on any atom is 0.00582 e. The molecule has 0 N–H and O–H groups in total. The van der Waals surface area contributed by atoms with Gasteiger partial charge in [0.05, 0.1) is 0 Å². The molecule has 1 aromatic carbocycles. The first kappa shape index (κ1) is 14.0.